The van der Waals surface area contributed by atoms with Crippen LogP contribution in [0.2, 0.25) is 10.0 Å². The van der Waals surface area contributed by atoms with Crippen LogP contribution in [-0.2, 0) is 11.3 Å². The predicted octanol–water partition coefficient (Wildman–Crippen LogP) is 4.88. The number of nitrogens with zero attached hydrogens (tertiary/aromatic N) is 2. The molecule has 0 fully saturated rings. The molecule has 1 heterocycles. The van der Waals surface area contributed by atoms with E-state index in [1.54, 1.807) is 25.1 Å². The van der Waals surface area contributed by atoms with E-state index in [1.165, 1.54) is 0 Å². The van der Waals surface area contributed by atoms with E-state index in [4.69, 9.17) is 27.9 Å². The number of carbonyl (C=O) groups is 1. The normalized spacial score (nSPS) is 11.9. The number of nitrogens with one attached hydrogen (secondary N) is 1. The van der Waals surface area contributed by atoms with Crippen LogP contribution >= 0.6 is 23.2 Å². The topological polar surface area (TPSA) is 56.2 Å². The molecule has 5 nitrogen and oxygen atoms in total. The van der Waals surface area contributed by atoms with Gasteiger partial charge in [0.1, 0.15) is 5.75 Å². The van der Waals surface area contributed by atoms with E-state index in [0.717, 1.165) is 22.6 Å². The lowest BCUT2D eigenvalue weighted by Gasteiger charge is -2.16. The molecule has 1 N–H and O–H groups in total. The molecule has 28 heavy (non-hydrogen) atoms. The highest BCUT2D eigenvalue weighted by atomic mass is 35.5. The number of aryl methyl sites for hydroxylation is 1. The molecule has 0 aliphatic carbocycles. The Morgan fingerprint density at radius 1 is 1.18 bits per heavy atom. The maximum absolute atomic E-state index is 12.5. The molecule has 0 saturated carbocycles. The monoisotopic (exact) mass is 417 g/mol. The minimum Gasteiger partial charge on any atom is -0.479 e. The molecule has 0 bridgehead atoms. The second-order valence-corrected chi connectivity index (χ2v) is 7.29. The first kappa shape index (κ1) is 20.2. The van der Waals surface area contributed by atoms with Crippen molar-refractivity contribution in [2.45, 2.75) is 33.4 Å². The smallest absolute Gasteiger partial charge is 0.261 e. The Morgan fingerprint density at radius 3 is 2.57 bits per heavy atom. The largest absolute Gasteiger partial charge is 0.479 e. The Bertz CT molecular complexity index is 987. The number of rotatable bonds is 6. The Morgan fingerprint density at radius 2 is 1.89 bits per heavy atom. The molecule has 1 amide bonds. The van der Waals surface area contributed by atoms with Crippen LogP contribution in [0.3, 0.4) is 0 Å². The Labute approximate surface area is 174 Å². The fourth-order valence-electron chi connectivity index (χ4n) is 2.89. The first-order chi connectivity index (χ1) is 13.4. The summed E-state index contributed by atoms with van der Waals surface area (Å²) in [7, 11) is 0. The minimum atomic E-state index is -0.705. The number of ether oxygens (including phenoxy) is 1. The summed E-state index contributed by atoms with van der Waals surface area (Å²) in [5, 5.41) is 8.38. The second-order valence-electron chi connectivity index (χ2n) is 6.45. The summed E-state index contributed by atoms with van der Waals surface area (Å²) in [5.74, 6) is 0.176. The molecule has 3 aromatic rings. The van der Waals surface area contributed by atoms with Gasteiger partial charge in [-0.25, -0.2) is 4.68 Å². The molecule has 7 heteroatoms. The van der Waals surface area contributed by atoms with Gasteiger partial charge in [-0.2, -0.15) is 5.10 Å². The first-order valence-electron chi connectivity index (χ1n) is 8.86. The molecule has 2 aromatic carbocycles. The number of halogens is 2. The van der Waals surface area contributed by atoms with Crippen LogP contribution in [0.5, 0.6) is 5.75 Å². The van der Waals surface area contributed by atoms with Gasteiger partial charge in [0.25, 0.3) is 5.91 Å². The van der Waals surface area contributed by atoms with E-state index < -0.39 is 6.10 Å². The van der Waals surface area contributed by atoms with E-state index in [0.29, 0.717) is 22.3 Å². The fourth-order valence-corrected chi connectivity index (χ4v) is 3.34. The Balaban J connectivity index is 1.67. The number of hydrogen-bond acceptors (Lipinski definition) is 3. The molecule has 3 rings (SSSR count). The average molecular weight is 418 g/mol. The van der Waals surface area contributed by atoms with Crippen LogP contribution in [-0.4, -0.2) is 21.8 Å². The van der Waals surface area contributed by atoms with Gasteiger partial charge in [0, 0.05) is 22.8 Å². The van der Waals surface area contributed by atoms with Crippen LogP contribution in [0.1, 0.15) is 23.9 Å². The van der Waals surface area contributed by atoms with Crippen molar-refractivity contribution in [2.75, 3.05) is 0 Å². The summed E-state index contributed by atoms with van der Waals surface area (Å²) >= 11 is 12.0. The molecule has 0 saturated heterocycles. The van der Waals surface area contributed by atoms with Gasteiger partial charge in [-0.15, -0.1) is 0 Å². The maximum Gasteiger partial charge on any atom is 0.261 e. The molecule has 1 unspecified atom stereocenters. The predicted molar refractivity (Wildman–Crippen MR) is 111 cm³/mol. The Hall–Kier alpha value is -2.50. The zero-order chi connectivity index (χ0) is 20.3. The van der Waals surface area contributed by atoms with Crippen molar-refractivity contribution in [3.8, 4) is 11.4 Å². The number of amides is 1. The van der Waals surface area contributed by atoms with Crippen LogP contribution in [0, 0.1) is 13.8 Å². The van der Waals surface area contributed by atoms with Gasteiger partial charge in [0.05, 0.1) is 16.4 Å². The minimum absolute atomic E-state index is 0.239. The highest BCUT2D eigenvalue weighted by Gasteiger charge is 2.18. The molecule has 146 valence electrons. The number of carbonyl (C=O) groups excluding carboxylic acids is 1. The number of aromatic nitrogens is 2. The molecule has 0 spiro atoms. The van der Waals surface area contributed by atoms with Crippen molar-refractivity contribution < 1.29 is 9.53 Å². The Kier molecular flexibility index (Phi) is 6.27. The van der Waals surface area contributed by atoms with Crippen molar-refractivity contribution in [2.24, 2.45) is 0 Å². The lowest BCUT2D eigenvalue weighted by Crippen LogP contribution is -2.36. The third-order valence-electron chi connectivity index (χ3n) is 4.45. The summed E-state index contributed by atoms with van der Waals surface area (Å²) in [6.07, 6.45) is -0.705. The van der Waals surface area contributed by atoms with Gasteiger partial charge in [-0.1, -0.05) is 41.4 Å². The molecule has 1 atom stereocenters. The standard InChI is InChI=1S/C21H21Cl2N3O2/c1-13-18(14(2)26(25-13)17-7-5-4-6-8-17)12-24-21(27)15(3)28-20-10-9-16(22)11-19(20)23/h4-11,15H,12H2,1-3H3,(H,24,27). The quantitative estimate of drug-likeness (QED) is 0.621. The lowest BCUT2D eigenvalue weighted by atomic mass is 10.2. The number of para-hydroxylation sites is 1. The van der Waals surface area contributed by atoms with Crippen molar-refractivity contribution >= 4 is 29.1 Å². The van der Waals surface area contributed by atoms with Gasteiger partial charge in [-0.3, -0.25) is 4.79 Å². The van der Waals surface area contributed by atoms with E-state index in [-0.39, 0.29) is 5.91 Å². The third kappa shape index (κ3) is 4.49. The first-order valence-corrected chi connectivity index (χ1v) is 9.62. The van der Waals surface area contributed by atoms with Gasteiger partial charge < -0.3 is 10.1 Å². The molecule has 1 aromatic heterocycles. The summed E-state index contributed by atoms with van der Waals surface area (Å²) < 4.78 is 7.54. The fraction of sp³-hybridized carbons (Fsp3) is 0.238. The van der Waals surface area contributed by atoms with Gasteiger partial charge in [0.15, 0.2) is 6.10 Å². The molecule has 0 aliphatic rings. The van der Waals surface area contributed by atoms with E-state index >= 15 is 0 Å². The third-order valence-corrected chi connectivity index (χ3v) is 4.98. The summed E-state index contributed by atoms with van der Waals surface area (Å²) in [5.41, 5.74) is 3.82. The van der Waals surface area contributed by atoms with Crippen molar-refractivity contribution in [3.63, 3.8) is 0 Å². The van der Waals surface area contributed by atoms with Gasteiger partial charge in [0.2, 0.25) is 0 Å². The van der Waals surface area contributed by atoms with Crippen LogP contribution < -0.4 is 10.1 Å². The summed E-state index contributed by atoms with van der Waals surface area (Å²) in [6.45, 7) is 5.96. The van der Waals surface area contributed by atoms with Crippen molar-refractivity contribution in [1.29, 1.82) is 0 Å². The number of benzene rings is 2. The second kappa shape index (κ2) is 8.67. The van der Waals surface area contributed by atoms with Crippen LogP contribution in [0.4, 0.5) is 0 Å². The molecule has 0 radical (unpaired) electrons. The van der Waals surface area contributed by atoms with Crippen molar-refractivity contribution in [1.82, 2.24) is 15.1 Å². The number of hydrogen-bond donors (Lipinski definition) is 1. The lowest BCUT2D eigenvalue weighted by molar-refractivity contribution is -0.127. The summed E-state index contributed by atoms with van der Waals surface area (Å²) in [4.78, 5) is 12.5. The highest BCUT2D eigenvalue weighted by Crippen LogP contribution is 2.28. The molecule has 0 aliphatic heterocycles. The van der Waals surface area contributed by atoms with Crippen LogP contribution in [0.25, 0.3) is 5.69 Å². The van der Waals surface area contributed by atoms with Gasteiger partial charge >= 0.3 is 0 Å². The molecular weight excluding hydrogens is 397 g/mol. The summed E-state index contributed by atoms with van der Waals surface area (Å²) in [6, 6.07) is 14.8. The SMILES string of the molecule is Cc1nn(-c2ccccc2)c(C)c1CNC(=O)C(C)Oc1ccc(Cl)cc1Cl. The highest BCUT2D eigenvalue weighted by molar-refractivity contribution is 6.35. The van der Waals surface area contributed by atoms with Crippen LogP contribution in [0.15, 0.2) is 48.5 Å². The molecular formula is C21H21Cl2N3O2. The van der Waals surface area contributed by atoms with E-state index in [9.17, 15) is 4.79 Å². The average Bonchev–Trinajstić information content (AvgIpc) is 2.96. The van der Waals surface area contributed by atoms with E-state index in [2.05, 4.69) is 10.4 Å². The van der Waals surface area contributed by atoms with Gasteiger partial charge in [-0.05, 0) is 51.1 Å². The zero-order valence-electron chi connectivity index (χ0n) is 15.9. The van der Waals surface area contributed by atoms with E-state index in [1.807, 2.05) is 48.9 Å². The maximum atomic E-state index is 12.5. The van der Waals surface area contributed by atoms with Crippen molar-refractivity contribution in [3.05, 3.63) is 75.5 Å². The zero-order valence-corrected chi connectivity index (χ0v) is 17.4.